The summed E-state index contributed by atoms with van der Waals surface area (Å²) in [6.45, 7) is 0. The molecule has 0 atom stereocenters. The van der Waals surface area contributed by atoms with Crippen molar-refractivity contribution in [2.45, 2.75) is 38.0 Å². The van der Waals surface area contributed by atoms with Gasteiger partial charge in [-0.15, -0.1) is 0 Å². The minimum Gasteiger partial charge on any atom is -0.497 e. The first kappa shape index (κ1) is 11.0. The first-order chi connectivity index (χ1) is 7.31. The van der Waals surface area contributed by atoms with Crippen molar-refractivity contribution in [1.29, 1.82) is 0 Å². The lowest BCUT2D eigenvalue weighted by molar-refractivity contribution is 0.409. The Morgan fingerprint density at radius 1 is 1.20 bits per heavy atom. The highest BCUT2D eigenvalue weighted by atomic mass is 79.9. The van der Waals surface area contributed by atoms with E-state index in [2.05, 4.69) is 28.1 Å². The van der Waals surface area contributed by atoms with Gasteiger partial charge in [0.25, 0.3) is 0 Å². The molecule has 0 heterocycles. The molecule has 1 nitrogen and oxygen atoms in total. The molecule has 1 aromatic rings. The average Bonchev–Trinajstić information content (AvgIpc) is 2.31. The molecule has 0 amide bonds. The van der Waals surface area contributed by atoms with Crippen molar-refractivity contribution < 1.29 is 4.74 Å². The third kappa shape index (κ3) is 2.54. The number of halogens is 1. The van der Waals surface area contributed by atoms with Gasteiger partial charge in [-0.2, -0.15) is 0 Å². The monoisotopic (exact) mass is 268 g/mol. The van der Waals surface area contributed by atoms with Crippen LogP contribution in [0.25, 0.3) is 0 Å². The summed E-state index contributed by atoms with van der Waals surface area (Å²) in [6, 6.07) is 6.29. The van der Waals surface area contributed by atoms with Crippen molar-refractivity contribution in [1.82, 2.24) is 0 Å². The summed E-state index contributed by atoms with van der Waals surface area (Å²) in [7, 11) is 1.73. The second kappa shape index (κ2) is 5.02. The third-order valence-electron chi connectivity index (χ3n) is 3.25. The second-order valence-corrected chi connectivity index (χ2v) is 5.08. The van der Waals surface area contributed by atoms with Gasteiger partial charge < -0.3 is 4.74 Å². The Balaban J connectivity index is 2.24. The first-order valence-electron chi connectivity index (χ1n) is 5.64. The zero-order valence-electron chi connectivity index (χ0n) is 9.13. The summed E-state index contributed by atoms with van der Waals surface area (Å²) >= 11 is 3.64. The summed E-state index contributed by atoms with van der Waals surface area (Å²) in [6.07, 6.45) is 6.79. The zero-order chi connectivity index (χ0) is 10.7. The normalized spacial score (nSPS) is 17.7. The Bertz CT molecular complexity index is 329. The van der Waals surface area contributed by atoms with E-state index in [1.165, 1.54) is 42.1 Å². The van der Waals surface area contributed by atoms with E-state index < -0.39 is 0 Å². The molecular weight excluding hydrogens is 252 g/mol. The molecule has 0 radical (unpaired) electrons. The molecule has 0 N–H and O–H groups in total. The van der Waals surface area contributed by atoms with Crippen molar-refractivity contribution in [3.63, 3.8) is 0 Å². The van der Waals surface area contributed by atoms with Gasteiger partial charge in [-0.3, -0.25) is 0 Å². The molecule has 0 bridgehead atoms. The van der Waals surface area contributed by atoms with Gasteiger partial charge in [0.05, 0.1) is 7.11 Å². The molecule has 0 unspecified atom stereocenters. The molecular formula is C13H17BrO. The molecule has 0 spiro atoms. The van der Waals surface area contributed by atoms with E-state index in [0.29, 0.717) is 0 Å². The van der Waals surface area contributed by atoms with Crippen molar-refractivity contribution in [2.75, 3.05) is 7.11 Å². The lowest BCUT2D eigenvalue weighted by Gasteiger charge is -2.23. The van der Waals surface area contributed by atoms with E-state index >= 15 is 0 Å². The number of hydrogen-bond acceptors (Lipinski definition) is 1. The number of benzene rings is 1. The van der Waals surface area contributed by atoms with E-state index in [-0.39, 0.29) is 0 Å². The first-order valence-corrected chi connectivity index (χ1v) is 6.44. The maximum Gasteiger partial charge on any atom is 0.119 e. The average molecular weight is 269 g/mol. The van der Waals surface area contributed by atoms with Gasteiger partial charge in [0.1, 0.15) is 5.75 Å². The van der Waals surface area contributed by atoms with Crippen LogP contribution < -0.4 is 4.74 Å². The summed E-state index contributed by atoms with van der Waals surface area (Å²) in [5.74, 6) is 1.70. The van der Waals surface area contributed by atoms with E-state index in [1.54, 1.807) is 7.11 Å². The highest BCUT2D eigenvalue weighted by Gasteiger charge is 2.18. The summed E-state index contributed by atoms with van der Waals surface area (Å²) in [5.41, 5.74) is 1.43. The van der Waals surface area contributed by atoms with Crippen LogP contribution >= 0.6 is 15.9 Å². The fourth-order valence-electron chi connectivity index (χ4n) is 2.38. The van der Waals surface area contributed by atoms with Gasteiger partial charge in [0, 0.05) is 4.47 Å². The second-order valence-electron chi connectivity index (χ2n) is 4.22. The molecule has 0 aromatic heterocycles. The van der Waals surface area contributed by atoms with E-state index in [4.69, 9.17) is 4.74 Å². The van der Waals surface area contributed by atoms with Crippen LogP contribution in [0.2, 0.25) is 0 Å². The zero-order valence-corrected chi connectivity index (χ0v) is 10.7. The van der Waals surface area contributed by atoms with Crippen LogP contribution in [0.1, 0.15) is 43.6 Å². The molecule has 1 aliphatic rings. The van der Waals surface area contributed by atoms with E-state index in [0.717, 1.165) is 11.7 Å². The predicted molar refractivity (Wildman–Crippen MR) is 66.5 cm³/mol. The van der Waals surface area contributed by atoms with Gasteiger partial charge in [-0.1, -0.05) is 35.2 Å². The predicted octanol–water partition coefficient (Wildman–Crippen LogP) is 4.51. The Morgan fingerprint density at radius 2 is 1.93 bits per heavy atom. The standard InChI is InChI=1S/C13H17BrO/c1-15-11-7-8-13(14)12(9-11)10-5-3-2-4-6-10/h7-10H,2-6H2,1H3. The molecule has 1 aliphatic carbocycles. The molecule has 0 saturated heterocycles. The van der Waals surface area contributed by atoms with Crippen molar-refractivity contribution in [2.24, 2.45) is 0 Å². The highest BCUT2D eigenvalue weighted by molar-refractivity contribution is 9.10. The third-order valence-corrected chi connectivity index (χ3v) is 3.97. The molecule has 0 aliphatic heterocycles. The quantitative estimate of drug-likeness (QED) is 0.767. The van der Waals surface area contributed by atoms with Crippen molar-refractivity contribution >= 4 is 15.9 Å². The number of ether oxygens (including phenoxy) is 1. The molecule has 82 valence electrons. The Hall–Kier alpha value is -0.500. The number of hydrogen-bond donors (Lipinski definition) is 0. The van der Waals surface area contributed by atoms with Crippen LogP contribution in [0.15, 0.2) is 22.7 Å². The summed E-state index contributed by atoms with van der Waals surface area (Å²) < 4.78 is 6.51. The van der Waals surface area contributed by atoms with Crippen LogP contribution in [0.3, 0.4) is 0 Å². The SMILES string of the molecule is COc1ccc(Br)c(C2CCCCC2)c1. The minimum absolute atomic E-state index is 0.725. The maximum atomic E-state index is 5.28. The molecule has 2 rings (SSSR count). The highest BCUT2D eigenvalue weighted by Crippen LogP contribution is 2.37. The number of rotatable bonds is 2. The molecule has 1 saturated carbocycles. The van der Waals surface area contributed by atoms with Gasteiger partial charge in [0.15, 0.2) is 0 Å². The Kier molecular flexibility index (Phi) is 3.68. The fraction of sp³-hybridized carbons (Fsp3) is 0.538. The summed E-state index contributed by atoms with van der Waals surface area (Å²) in [5, 5.41) is 0. The smallest absolute Gasteiger partial charge is 0.119 e. The van der Waals surface area contributed by atoms with E-state index in [1.807, 2.05) is 6.07 Å². The lowest BCUT2D eigenvalue weighted by atomic mass is 9.84. The van der Waals surface area contributed by atoms with Gasteiger partial charge in [-0.25, -0.2) is 0 Å². The van der Waals surface area contributed by atoms with Crippen molar-refractivity contribution in [3.05, 3.63) is 28.2 Å². The Labute approximate surface area is 100.0 Å². The van der Waals surface area contributed by atoms with Crippen LogP contribution in [0.5, 0.6) is 5.75 Å². The van der Waals surface area contributed by atoms with Crippen LogP contribution in [-0.2, 0) is 0 Å². The fourth-order valence-corrected chi connectivity index (χ4v) is 2.95. The lowest BCUT2D eigenvalue weighted by Crippen LogP contribution is -2.05. The van der Waals surface area contributed by atoms with Crippen molar-refractivity contribution in [3.8, 4) is 5.75 Å². The van der Waals surface area contributed by atoms with Gasteiger partial charge in [-0.05, 0) is 42.5 Å². The molecule has 1 aromatic carbocycles. The summed E-state index contributed by atoms with van der Waals surface area (Å²) in [4.78, 5) is 0. The minimum atomic E-state index is 0.725. The maximum absolute atomic E-state index is 5.28. The van der Waals surface area contributed by atoms with Gasteiger partial charge >= 0.3 is 0 Å². The van der Waals surface area contributed by atoms with Crippen LogP contribution in [0.4, 0.5) is 0 Å². The van der Waals surface area contributed by atoms with Crippen LogP contribution in [0, 0.1) is 0 Å². The van der Waals surface area contributed by atoms with Crippen LogP contribution in [-0.4, -0.2) is 7.11 Å². The Morgan fingerprint density at radius 3 is 2.60 bits per heavy atom. The largest absolute Gasteiger partial charge is 0.497 e. The molecule has 2 heteroatoms. The van der Waals surface area contributed by atoms with Gasteiger partial charge in [0.2, 0.25) is 0 Å². The molecule has 15 heavy (non-hydrogen) atoms. The topological polar surface area (TPSA) is 9.23 Å². The number of methoxy groups -OCH3 is 1. The van der Waals surface area contributed by atoms with E-state index in [9.17, 15) is 0 Å². The molecule has 1 fully saturated rings.